The highest BCUT2D eigenvalue weighted by molar-refractivity contribution is 7.26. The first kappa shape index (κ1) is 41.8. The van der Waals surface area contributed by atoms with Crippen molar-refractivity contribution in [2.24, 2.45) is 0 Å². The van der Waals surface area contributed by atoms with Crippen molar-refractivity contribution in [2.75, 3.05) is 9.80 Å². The minimum absolute atomic E-state index is 0.0501. The fourth-order valence-electron chi connectivity index (χ4n) is 12.8. The van der Waals surface area contributed by atoms with Gasteiger partial charge in [-0.25, -0.2) is 0 Å². The van der Waals surface area contributed by atoms with E-state index in [1.807, 2.05) is 11.3 Å². The molecule has 1 atom stereocenters. The third-order valence-electron chi connectivity index (χ3n) is 16.3. The van der Waals surface area contributed by atoms with Crippen LogP contribution in [0.3, 0.4) is 0 Å². The third-order valence-corrected chi connectivity index (χ3v) is 17.4. The summed E-state index contributed by atoms with van der Waals surface area (Å²) in [5.41, 5.74) is 22.4. The Morgan fingerprint density at radius 3 is 1.58 bits per heavy atom. The van der Waals surface area contributed by atoms with Crippen LogP contribution in [0.2, 0.25) is 0 Å². The Labute approximate surface area is 387 Å². The molecule has 0 radical (unpaired) electrons. The van der Waals surface area contributed by atoms with Gasteiger partial charge in [0.15, 0.2) is 0 Å². The second-order valence-corrected chi connectivity index (χ2v) is 26.0. The van der Waals surface area contributed by atoms with Crippen LogP contribution in [0.4, 0.5) is 34.1 Å². The molecule has 0 N–H and O–H groups in total. The van der Waals surface area contributed by atoms with Crippen LogP contribution in [0, 0.1) is 6.92 Å². The zero-order chi connectivity index (χ0) is 45.4. The summed E-state index contributed by atoms with van der Waals surface area (Å²) in [5, 5.41) is 2.69. The molecule has 0 fully saturated rings. The van der Waals surface area contributed by atoms with Gasteiger partial charge in [0.25, 0.3) is 0 Å². The smallest absolute Gasteiger partial charge is 0.0555 e. The van der Waals surface area contributed by atoms with Crippen LogP contribution in [0.25, 0.3) is 20.2 Å². The molecule has 0 saturated heterocycles. The van der Waals surface area contributed by atoms with E-state index in [9.17, 15) is 0 Å². The molecule has 6 aromatic carbocycles. The Bertz CT molecular complexity index is 3130. The molecule has 1 unspecified atom stereocenters. The SMILES string of the molecule is Cc1cc(C(C)(C)C)ccc1N1c2cc3c(cc2C2c4cc5c(cc4N(c4cccc6sc7ccccc7c46)c4cc(C(C)(C)C)cc1c42)C(C)(C)CCC5(C)C)C(C)(C)CC3(C)C. The minimum atomic E-state index is -0.100. The third kappa shape index (κ3) is 5.94. The van der Waals surface area contributed by atoms with Gasteiger partial charge in [-0.1, -0.05) is 145 Å². The van der Waals surface area contributed by atoms with Crippen molar-refractivity contribution in [3.05, 3.63) is 153 Å². The Balaban J connectivity index is 1.33. The molecule has 0 bridgehead atoms. The van der Waals surface area contributed by atoms with Crippen molar-refractivity contribution in [1.29, 1.82) is 0 Å². The summed E-state index contributed by atoms with van der Waals surface area (Å²) >= 11 is 1.92. The highest BCUT2D eigenvalue weighted by Gasteiger charge is 2.49. The van der Waals surface area contributed by atoms with E-state index in [0.29, 0.717) is 0 Å². The van der Waals surface area contributed by atoms with Gasteiger partial charge in [-0.05, 0) is 157 Å². The van der Waals surface area contributed by atoms with Gasteiger partial charge in [0.05, 0.1) is 28.4 Å². The maximum atomic E-state index is 2.73. The first-order valence-electron chi connectivity index (χ1n) is 24.1. The van der Waals surface area contributed by atoms with Crippen LogP contribution in [0.15, 0.2) is 97.1 Å². The molecule has 0 saturated carbocycles. The van der Waals surface area contributed by atoms with Crippen LogP contribution >= 0.6 is 11.3 Å². The van der Waals surface area contributed by atoms with Gasteiger partial charge in [0.2, 0.25) is 0 Å². The number of hydrogen-bond donors (Lipinski definition) is 0. The van der Waals surface area contributed by atoms with E-state index in [4.69, 9.17) is 0 Å². The van der Waals surface area contributed by atoms with Crippen molar-refractivity contribution in [1.82, 2.24) is 0 Å². The molecule has 2 aliphatic carbocycles. The monoisotopic (exact) mass is 861 g/mol. The molecular formula is C61H68N2S. The molecule has 2 nitrogen and oxygen atoms in total. The van der Waals surface area contributed by atoms with E-state index in [-0.39, 0.29) is 38.4 Å². The van der Waals surface area contributed by atoms with Crippen LogP contribution < -0.4 is 9.80 Å². The lowest BCUT2D eigenvalue weighted by Crippen LogP contribution is -2.36. The summed E-state index contributed by atoms with van der Waals surface area (Å²) in [4.78, 5) is 5.44. The van der Waals surface area contributed by atoms with Crippen molar-refractivity contribution in [3.63, 3.8) is 0 Å². The maximum absolute atomic E-state index is 2.73. The number of aryl methyl sites for hydroxylation is 1. The van der Waals surface area contributed by atoms with E-state index < -0.39 is 0 Å². The Morgan fingerprint density at radius 2 is 1.00 bits per heavy atom. The number of rotatable bonds is 2. The van der Waals surface area contributed by atoms with Crippen LogP contribution in [-0.2, 0) is 32.5 Å². The largest absolute Gasteiger partial charge is 0.310 e. The summed E-state index contributed by atoms with van der Waals surface area (Å²) in [6, 6.07) is 39.3. The van der Waals surface area contributed by atoms with Gasteiger partial charge < -0.3 is 9.80 Å². The number of benzene rings is 6. The van der Waals surface area contributed by atoms with E-state index in [1.54, 1.807) is 0 Å². The molecule has 2 aliphatic heterocycles. The molecule has 3 heteroatoms. The number of nitrogens with zero attached hydrogens (tertiary/aromatic N) is 2. The fourth-order valence-corrected chi connectivity index (χ4v) is 13.9. The van der Waals surface area contributed by atoms with Gasteiger partial charge >= 0.3 is 0 Å². The predicted octanol–water partition coefficient (Wildman–Crippen LogP) is 18.0. The van der Waals surface area contributed by atoms with Gasteiger partial charge in [0, 0.05) is 37.3 Å². The molecule has 11 rings (SSSR count). The topological polar surface area (TPSA) is 6.48 Å². The molecule has 0 amide bonds. The first-order chi connectivity index (χ1) is 29.9. The average Bonchev–Trinajstić information content (AvgIpc) is 3.68. The molecule has 64 heavy (non-hydrogen) atoms. The lowest BCUT2D eigenvalue weighted by Gasteiger charge is -2.49. The minimum Gasteiger partial charge on any atom is -0.310 e. The van der Waals surface area contributed by atoms with E-state index >= 15 is 0 Å². The van der Waals surface area contributed by atoms with E-state index in [1.165, 1.54) is 123 Å². The lowest BCUT2D eigenvalue weighted by molar-refractivity contribution is 0.331. The van der Waals surface area contributed by atoms with Crippen LogP contribution in [0.5, 0.6) is 0 Å². The van der Waals surface area contributed by atoms with Crippen molar-refractivity contribution >= 4 is 65.6 Å². The van der Waals surface area contributed by atoms with Crippen molar-refractivity contribution in [2.45, 2.75) is 162 Å². The van der Waals surface area contributed by atoms with Crippen molar-refractivity contribution < 1.29 is 0 Å². The van der Waals surface area contributed by atoms with Crippen LogP contribution in [-0.4, -0.2) is 0 Å². The van der Waals surface area contributed by atoms with Gasteiger partial charge in [0.1, 0.15) is 0 Å². The number of hydrogen-bond acceptors (Lipinski definition) is 3. The zero-order valence-electron chi connectivity index (χ0n) is 41.2. The fraction of sp³-hybridized carbons (Fsp3) is 0.410. The molecule has 1 aromatic heterocycles. The lowest BCUT2D eigenvalue weighted by atomic mass is 9.61. The predicted molar refractivity (Wildman–Crippen MR) is 278 cm³/mol. The summed E-state index contributed by atoms with van der Waals surface area (Å²) in [7, 11) is 0. The second-order valence-electron chi connectivity index (χ2n) is 24.9. The summed E-state index contributed by atoms with van der Waals surface area (Å²) < 4.78 is 2.68. The summed E-state index contributed by atoms with van der Waals surface area (Å²) in [6.07, 6.45) is 3.49. The number of thiophene rings is 1. The van der Waals surface area contributed by atoms with Crippen molar-refractivity contribution in [3.8, 4) is 0 Å². The van der Waals surface area contributed by atoms with E-state index in [2.05, 4.69) is 211 Å². The second kappa shape index (κ2) is 13.2. The van der Waals surface area contributed by atoms with Crippen LogP contribution in [0.1, 0.15) is 178 Å². The average molecular weight is 861 g/mol. The number of anilines is 6. The quantitative estimate of drug-likeness (QED) is 0.171. The molecular weight excluding hydrogens is 793 g/mol. The normalized spacial score (nSPS) is 19.9. The highest BCUT2D eigenvalue weighted by atomic mass is 32.1. The molecule has 7 aromatic rings. The Hall–Kier alpha value is -4.86. The zero-order valence-corrected chi connectivity index (χ0v) is 42.1. The van der Waals surface area contributed by atoms with Gasteiger partial charge in [-0.15, -0.1) is 11.3 Å². The maximum Gasteiger partial charge on any atom is 0.0555 e. The standard InChI is InChI=1S/C61H68N2S/c1-35-27-36(56(2,3)4)23-24-45(35)62-47-33-44-42(60(12,13)34-61(44,14)15)31-40(47)53-39-30-41-43(59(10,11)26-25-58(41,8)9)32-48(39)63(50-29-37(57(5,6)7)28-49(62)55(50)53)46-20-18-22-52-54(46)38-19-16-17-21-51(38)64-52/h16-24,27-33,53H,25-26,34H2,1-15H3. The molecule has 0 spiro atoms. The van der Waals surface area contributed by atoms with Gasteiger partial charge in [-0.3, -0.25) is 0 Å². The number of fused-ring (bicyclic) bond motifs is 9. The van der Waals surface area contributed by atoms with E-state index in [0.717, 1.165) is 6.42 Å². The Morgan fingerprint density at radius 1 is 0.484 bits per heavy atom. The Kier molecular flexibility index (Phi) is 8.59. The summed E-state index contributed by atoms with van der Waals surface area (Å²) in [5.74, 6) is 0.0556. The molecule has 3 heterocycles. The first-order valence-corrected chi connectivity index (χ1v) is 24.9. The molecule has 4 aliphatic rings. The van der Waals surface area contributed by atoms with Gasteiger partial charge in [-0.2, -0.15) is 0 Å². The highest BCUT2D eigenvalue weighted by Crippen LogP contribution is 2.65. The summed E-state index contributed by atoms with van der Waals surface area (Å²) in [6.45, 7) is 36.5. The molecule has 328 valence electrons.